The van der Waals surface area contributed by atoms with E-state index in [1.54, 1.807) is 0 Å². The maximum Gasteiger partial charge on any atom is 0.323 e. The van der Waals surface area contributed by atoms with Crippen molar-refractivity contribution in [2.75, 3.05) is 0 Å². The van der Waals surface area contributed by atoms with Crippen molar-refractivity contribution in [3.63, 3.8) is 0 Å². The van der Waals surface area contributed by atoms with Crippen LogP contribution in [0.1, 0.15) is 23.2 Å². The first kappa shape index (κ1) is 11.4. The fourth-order valence-electron chi connectivity index (χ4n) is 1.47. The number of aliphatic carboxylic acids is 1. The van der Waals surface area contributed by atoms with Crippen molar-refractivity contribution in [1.82, 2.24) is 9.88 Å². The Bertz CT molecular complexity index is 516. The molecule has 2 N–H and O–H groups in total. The molecule has 17 heavy (non-hydrogen) atoms. The molecule has 0 aliphatic heterocycles. The normalized spacial score (nSPS) is 14.4. The summed E-state index contributed by atoms with van der Waals surface area (Å²) in [5, 5.41) is 11.3. The van der Waals surface area contributed by atoms with Crippen LogP contribution in [0.15, 0.2) is 23.1 Å². The van der Waals surface area contributed by atoms with Crippen LogP contribution in [-0.4, -0.2) is 27.6 Å². The first-order valence-electron chi connectivity index (χ1n) is 5.30. The largest absolute Gasteiger partial charge is 0.480 e. The van der Waals surface area contributed by atoms with E-state index < -0.39 is 24.0 Å². The molecule has 0 bridgehead atoms. The second-order valence-electron chi connectivity index (χ2n) is 4.00. The molecule has 0 unspecified atom stereocenters. The maximum atomic E-state index is 11.8. The Hall–Kier alpha value is -2.11. The Balaban J connectivity index is 2.24. The number of carboxylic acids is 1. The van der Waals surface area contributed by atoms with Gasteiger partial charge in [-0.2, -0.15) is 0 Å². The highest BCUT2D eigenvalue weighted by atomic mass is 16.4. The third-order valence-electron chi connectivity index (χ3n) is 2.48. The highest BCUT2D eigenvalue weighted by molar-refractivity contribution is 5.94. The van der Waals surface area contributed by atoms with Crippen LogP contribution in [0, 0.1) is 0 Å². The summed E-state index contributed by atoms with van der Waals surface area (Å²) in [5.41, 5.74) is -0.589. The number of hydrogen-bond donors (Lipinski definition) is 2. The van der Waals surface area contributed by atoms with Crippen molar-refractivity contribution < 1.29 is 14.7 Å². The average molecular weight is 236 g/mol. The van der Waals surface area contributed by atoms with E-state index in [2.05, 4.69) is 5.32 Å². The van der Waals surface area contributed by atoms with Crippen molar-refractivity contribution in [3.05, 3.63) is 34.2 Å². The molecule has 0 spiro atoms. The Morgan fingerprint density at radius 2 is 2.18 bits per heavy atom. The van der Waals surface area contributed by atoms with Crippen LogP contribution in [0.4, 0.5) is 0 Å². The minimum Gasteiger partial charge on any atom is -0.480 e. The van der Waals surface area contributed by atoms with Gasteiger partial charge in [0, 0.05) is 12.2 Å². The minimum absolute atomic E-state index is 0.0133. The van der Waals surface area contributed by atoms with Crippen LogP contribution in [0.3, 0.4) is 0 Å². The Labute approximate surface area is 96.9 Å². The van der Waals surface area contributed by atoms with Crippen molar-refractivity contribution in [2.45, 2.75) is 25.4 Å². The number of hydrogen-bond acceptors (Lipinski definition) is 3. The van der Waals surface area contributed by atoms with Gasteiger partial charge >= 0.3 is 5.97 Å². The zero-order valence-corrected chi connectivity index (χ0v) is 9.05. The summed E-state index contributed by atoms with van der Waals surface area (Å²) in [5.74, 6) is -1.55. The van der Waals surface area contributed by atoms with Crippen LogP contribution < -0.4 is 10.9 Å². The first-order chi connectivity index (χ1) is 8.08. The number of carboxylic acid groups (broad SMARTS) is 1. The van der Waals surface area contributed by atoms with Gasteiger partial charge < -0.3 is 15.0 Å². The maximum absolute atomic E-state index is 11.8. The monoisotopic (exact) mass is 236 g/mol. The molecule has 6 heteroatoms. The molecule has 1 aromatic rings. The number of aromatic nitrogens is 1. The summed E-state index contributed by atoms with van der Waals surface area (Å²) in [6.07, 6.45) is 3.22. The zero-order chi connectivity index (χ0) is 12.4. The number of amides is 1. The lowest BCUT2D eigenvalue weighted by molar-refractivity contribution is -0.137. The van der Waals surface area contributed by atoms with Crippen LogP contribution in [0.5, 0.6) is 0 Å². The molecule has 0 atom stereocenters. The highest BCUT2D eigenvalue weighted by Gasteiger charge is 2.25. The molecule has 1 amide bonds. The van der Waals surface area contributed by atoms with Gasteiger partial charge in [0.05, 0.1) is 0 Å². The van der Waals surface area contributed by atoms with E-state index in [1.165, 1.54) is 18.3 Å². The molecule has 2 rings (SSSR count). The van der Waals surface area contributed by atoms with E-state index in [9.17, 15) is 14.4 Å². The van der Waals surface area contributed by atoms with Gasteiger partial charge in [0.15, 0.2) is 0 Å². The molecule has 0 radical (unpaired) electrons. The Kier molecular flexibility index (Phi) is 2.95. The molecular weight excluding hydrogens is 224 g/mol. The summed E-state index contributed by atoms with van der Waals surface area (Å²) in [4.78, 5) is 34.0. The first-order valence-corrected chi connectivity index (χ1v) is 5.30. The summed E-state index contributed by atoms with van der Waals surface area (Å²) in [7, 11) is 0. The lowest BCUT2D eigenvalue weighted by Gasteiger charge is -2.05. The number of rotatable bonds is 4. The molecule has 0 aromatic carbocycles. The summed E-state index contributed by atoms with van der Waals surface area (Å²) < 4.78 is 1.00. The van der Waals surface area contributed by atoms with E-state index in [0.29, 0.717) is 0 Å². The SMILES string of the molecule is O=C(O)Cn1cccc(C(=O)NC2CC2)c1=O. The fourth-order valence-corrected chi connectivity index (χ4v) is 1.47. The molecule has 1 saturated carbocycles. The Morgan fingerprint density at radius 1 is 1.47 bits per heavy atom. The zero-order valence-electron chi connectivity index (χ0n) is 9.05. The molecule has 1 fully saturated rings. The van der Waals surface area contributed by atoms with E-state index in [0.717, 1.165) is 17.4 Å². The minimum atomic E-state index is -1.12. The molecule has 6 nitrogen and oxygen atoms in total. The van der Waals surface area contributed by atoms with Gasteiger partial charge in [-0.1, -0.05) is 0 Å². The van der Waals surface area contributed by atoms with Gasteiger partial charge in [0.2, 0.25) is 0 Å². The molecule has 1 aliphatic carbocycles. The van der Waals surface area contributed by atoms with Crippen LogP contribution in [-0.2, 0) is 11.3 Å². The molecule has 90 valence electrons. The standard InChI is InChI=1S/C11H12N2O4/c14-9(15)6-13-5-1-2-8(11(13)17)10(16)12-7-3-4-7/h1-2,5,7H,3-4,6H2,(H,12,16)(H,14,15). The second kappa shape index (κ2) is 4.40. The van der Waals surface area contributed by atoms with Gasteiger partial charge in [-0.15, -0.1) is 0 Å². The average Bonchev–Trinajstić information content (AvgIpc) is 3.04. The van der Waals surface area contributed by atoms with E-state index in [4.69, 9.17) is 5.11 Å². The summed E-state index contributed by atoms with van der Waals surface area (Å²) >= 11 is 0. The Morgan fingerprint density at radius 3 is 2.76 bits per heavy atom. The van der Waals surface area contributed by atoms with Crippen LogP contribution >= 0.6 is 0 Å². The molecular formula is C11H12N2O4. The van der Waals surface area contributed by atoms with E-state index in [-0.39, 0.29) is 11.6 Å². The predicted octanol–water partition coefficient (Wildman–Crippen LogP) is -0.175. The van der Waals surface area contributed by atoms with Crippen molar-refractivity contribution in [1.29, 1.82) is 0 Å². The summed E-state index contributed by atoms with van der Waals surface area (Å²) in [6.45, 7) is -0.441. The summed E-state index contributed by atoms with van der Waals surface area (Å²) in [6, 6.07) is 3.06. The molecule has 0 saturated heterocycles. The number of carbonyl (C=O) groups is 2. The van der Waals surface area contributed by atoms with Gasteiger partial charge in [-0.05, 0) is 25.0 Å². The lowest BCUT2D eigenvalue weighted by atomic mass is 10.2. The van der Waals surface area contributed by atoms with E-state index >= 15 is 0 Å². The molecule has 1 heterocycles. The molecule has 1 aliphatic rings. The van der Waals surface area contributed by atoms with Gasteiger partial charge in [0.25, 0.3) is 11.5 Å². The predicted molar refractivity (Wildman–Crippen MR) is 58.8 cm³/mol. The van der Waals surface area contributed by atoms with Gasteiger partial charge in [-0.3, -0.25) is 14.4 Å². The van der Waals surface area contributed by atoms with Crippen molar-refractivity contribution >= 4 is 11.9 Å². The number of nitrogens with zero attached hydrogens (tertiary/aromatic N) is 1. The van der Waals surface area contributed by atoms with Crippen molar-refractivity contribution in [2.24, 2.45) is 0 Å². The second-order valence-corrected chi connectivity index (χ2v) is 4.00. The number of carbonyl (C=O) groups excluding carboxylic acids is 1. The quantitative estimate of drug-likeness (QED) is 0.759. The van der Waals surface area contributed by atoms with Gasteiger partial charge in [-0.25, -0.2) is 0 Å². The van der Waals surface area contributed by atoms with Crippen LogP contribution in [0.25, 0.3) is 0 Å². The number of nitrogens with one attached hydrogen (secondary N) is 1. The number of pyridine rings is 1. The third kappa shape index (κ3) is 2.72. The van der Waals surface area contributed by atoms with Gasteiger partial charge in [0.1, 0.15) is 12.1 Å². The highest BCUT2D eigenvalue weighted by Crippen LogP contribution is 2.18. The van der Waals surface area contributed by atoms with Crippen molar-refractivity contribution in [3.8, 4) is 0 Å². The van der Waals surface area contributed by atoms with Crippen LogP contribution in [0.2, 0.25) is 0 Å². The third-order valence-corrected chi connectivity index (χ3v) is 2.48. The molecule has 1 aromatic heterocycles. The van der Waals surface area contributed by atoms with E-state index in [1.807, 2.05) is 0 Å². The smallest absolute Gasteiger partial charge is 0.323 e. The lowest BCUT2D eigenvalue weighted by Crippen LogP contribution is -2.34. The topological polar surface area (TPSA) is 88.4 Å². The fraction of sp³-hybridized carbons (Fsp3) is 0.364.